The fraction of sp³-hybridized carbons (Fsp3) is 0.400. The van der Waals surface area contributed by atoms with Crippen molar-refractivity contribution in [2.75, 3.05) is 7.05 Å². The second-order valence-electron chi connectivity index (χ2n) is 5.51. The number of carbonyl (C=O) groups excluding carboxylic acids is 1. The Morgan fingerprint density at radius 2 is 1.96 bits per heavy atom. The van der Waals surface area contributed by atoms with Gasteiger partial charge in [-0.25, -0.2) is 17.9 Å². The molecule has 0 saturated carbocycles. The molecular weight excluding hydrogens is 334 g/mol. The van der Waals surface area contributed by atoms with Crippen LogP contribution in [-0.2, 0) is 27.8 Å². The van der Waals surface area contributed by atoms with Crippen molar-refractivity contribution in [3.63, 3.8) is 0 Å². The number of nitrogens with zero attached hydrogens (tertiary/aromatic N) is 2. The summed E-state index contributed by atoms with van der Waals surface area (Å²) < 4.78 is 35.5. The maximum atomic E-state index is 12.0. The van der Waals surface area contributed by atoms with Gasteiger partial charge < -0.3 is 9.26 Å². The molecule has 0 amide bonds. The van der Waals surface area contributed by atoms with Crippen LogP contribution in [0.15, 0.2) is 33.7 Å². The number of nitrogens with one attached hydrogen (secondary N) is 1. The van der Waals surface area contributed by atoms with E-state index in [2.05, 4.69) is 14.9 Å². The number of hydrogen-bond donors (Lipinski definition) is 1. The van der Waals surface area contributed by atoms with Crippen LogP contribution in [0.5, 0.6) is 0 Å². The Kier molecular flexibility index (Phi) is 5.68. The van der Waals surface area contributed by atoms with Crippen molar-refractivity contribution >= 4 is 16.0 Å². The molecule has 0 unspecified atom stereocenters. The highest BCUT2D eigenvalue weighted by atomic mass is 32.2. The van der Waals surface area contributed by atoms with Crippen LogP contribution in [0, 0.1) is 5.92 Å². The number of esters is 1. The molecule has 8 nitrogen and oxygen atoms in total. The van der Waals surface area contributed by atoms with E-state index in [0.29, 0.717) is 18.2 Å². The van der Waals surface area contributed by atoms with Crippen molar-refractivity contribution in [3.05, 3.63) is 41.5 Å². The second-order valence-corrected chi connectivity index (χ2v) is 7.40. The summed E-state index contributed by atoms with van der Waals surface area (Å²) in [7, 11) is -2.22. The standard InChI is InChI=1S/C15H19N3O5S/c1-10(2)8-13-17-14(23-18-13)9-22-15(19)11-4-6-12(7-5-11)24(20,21)16-3/h4-7,10,16H,8-9H2,1-3H3. The van der Waals surface area contributed by atoms with Gasteiger partial charge in [0.05, 0.1) is 10.5 Å². The van der Waals surface area contributed by atoms with E-state index in [9.17, 15) is 13.2 Å². The van der Waals surface area contributed by atoms with Gasteiger partial charge in [0.25, 0.3) is 5.89 Å². The monoisotopic (exact) mass is 353 g/mol. The van der Waals surface area contributed by atoms with Gasteiger partial charge in [0, 0.05) is 6.42 Å². The van der Waals surface area contributed by atoms with Crippen LogP contribution in [0.3, 0.4) is 0 Å². The van der Waals surface area contributed by atoms with Crippen LogP contribution >= 0.6 is 0 Å². The van der Waals surface area contributed by atoms with E-state index < -0.39 is 16.0 Å². The Labute approximate surface area is 140 Å². The molecule has 0 aliphatic carbocycles. The smallest absolute Gasteiger partial charge is 0.338 e. The van der Waals surface area contributed by atoms with E-state index in [-0.39, 0.29) is 23.0 Å². The van der Waals surface area contributed by atoms with Crippen molar-refractivity contribution < 1.29 is 22.5 Å². The Balaban J connectivity index is 1.96. The first-order valence-electron chi connectivity index (χ1n) is 7.34. The molecular formula is C15H19N3O5S. The maximum absolute atomic E-state index is 12.0. The summed E-state index contributed by atoms with van der Waals surface area (Å²) in [5, 5.41) is 3.80. The molecule has 1 heterocycles. The molecule has 130 valence electrons. The minimum atomic E-state index is -3.54. The predicted octanol–water partition coefficient (Wildman–Crippen LogP) is 1.53. The number of carbonyl (C=O) groups is 1. The number of ether oxygens (including phenoxy) is 1. The molecule has 24 heavy (non-hydrogen) atoms. The van der Waals surface area contributed by atoms with E-state index in [1.165, 1.54) is 31.3 Å². The topological polar surface area (TPSA) is 111 Å². The molecule has 2 rings (SSSR count). The molecule has 1 aromatic carbocycles. The molecule has 9 heteroatoms. The van der Waals surface area contributed by atoms with Crippen LogP contribution in [0.25, 0.3) is 0 Å². The zero-order valence-electron chi connectivity index (χ0n) is 13.6. The molecule has 0 radical (unpaired) electrons. The van der Waals surface area contributed by atoms with Gasteiger partial charge in [-0.15, -0.1) is 0 Å². The van der Waals surface area contributed by atoms with E-state index in [1.54, 1.807) is 0 Å². The lowest BCUT2D eigenvalue weighted by atomic mass is 10.1. The number of benzene rings is 1. The number of sulfonamides is 1. The molecule has 0 aliphatic rings. The Hall–Kier alpha value is -2.26. The van der Waals surface area contributed by atoms with Gasteiger partial charge in [0.15, 0.2) is 12.4 Å². The zero-order chi connectivity index (χ0) is 17.7. The third-order valence-corrected chi connectivity index (χ3v) is 4.53. The SMILES string of the molecule is CNS(=O)(=O)c1ccc(C(=O)OCc2nc(CC(C)C)no2)cc1. The average molecular weight is 353 g/mol. The van der Waals surface area contributed by atoms with Gasteiger partial charge in [-0.1, -0.05) is 19.0 Å². The summed E-state index contributed by atoms with van der Waals surface area (Å²) in [5.41, 5.74) is 0.229. The Morgan fingerprint density at radius 3 is 2.54 bits per heavy atom. The van der Waals surface area contributed by atoms with Gasteiger partial charge >= 0.3 is 5.97 Å². The highest BCUT2D eigenvalue weighted by Gasteiger charge is 2.15. The predicted molar refractivity (Wildman–Crippen MR) is 84.6 cm³/mol. The van der Waals surface area contributed by atoms with E-state index in [4.69, 9.17) is 9.26 Å². The summed E-state index contributed by atoms with van der Waals surface area (Å²) in [6.07, 6.45) is 0.679. The molecule has 0 fully saturated rings. The summed E-state index contributed by atoms with van der Waals surface area (Å²) >= 11 is 0. The number of rotatable bonds is 7. The first-order valence-corrected chi connectivity index (χ1v) is 8.82. The summed E-state index contributed by atoms with van der Waals surface area (Å²) in [4.78, 5) is 16.2. The maximum Gasteiger partial charge on any atom is 0.338 e. The van der Waals surface area contributed by atoms with Gasteiger partial charge in [-0.05, 0) is 37.2 Å². The van der Waals surface area contributed by atoms with Gasteiger partial charge in [0.1, 0.15) is 0 Å². The Morgan fingerprint density at radius 1 is 1.29 bits per heavy atom. The van der Waals surface area contributed by atoms with Gasteiger partial charge in [-0.2, -0.15) is 4.98 Å². The minimum absolute atomic E-state index is 0.0665. The molecule has 0 aliphatic heterocycles. The van der Waals surface area contributed by atoms with Crippen LogP contribution < -0.4 is 4.72 Å². The zero-order valence-corrected chi connectivity index (χ0v) is 14.5. The molecule has 1 N–H and O–H groups in total. The fourth-order valence-corrected chi connectivity index (χ4v) is 2.63. The first kappa shape index (κ1) is 18.1. The lowest BCUT2D eigenvalue weighted by Crippen LogP contribution is -2.18. The second kappa shape index (κ2) is 7.54. The third-order valence-electron chi connectivity index (χ3n) is 3.10. The van der Waals surface area contributed by atoms with Crippen molar-refractivity contribution in [2.24, 2.45) is 5.92 Å². The Bertz CT molecular complexity index is 797. The fourth-order valence-electron chi connectivity index (χ4n) is 1.90. The van der Waals surface area contributed by atoms with E-state index in [1.807, 2.05) is 13.8 Å². The molecule has 2 aromatic rings. The van der Waals surface area contributed by atoms with Crippen LogP contribution in [0.4, 0.5) is 0 Å². The lowest BCUT2D eigenvalue weighted by molar-refractivity contribution is 0.0429. The van der Waals surface area contributed by atoms with Crippen LogP contribution in [0.2, 0.25) is 0 Å². The molecule has 1 aromatic heterocycles. The van der Waals surface area contributed by atoms with E-state index in [0.717, 1.165) is 0 Å². The minimum Gasteiger partial charge on any atom is -0.452 e. The van der Waals surface area contributed by atoms with Crippen molar-refractivity contribution in [1.82, 2.24) is 14.9 Å². The summed E-state index contributed by atoms with van der Waals surface area (Å²) in [6, 6.07) is 5.42. The largest absolute Gasteiger partial charge is 0.452 e. The quantitative estimate of drug-likeness (QED) is 0.751. The average Bonchev–Trinajstić information content (AvgIpc) is 2.99. The van der Waals surface area contributed by atoms with Crippen LogP contribution in [0.1, 0.15) is 35.9 Å². The normalized spacial score (nSPS) is 11.7. The molecule has 0 spiro atoms. The van der Waals surface area contributed by atoms with Crippen molar-refractivity contribution in [1.29, 1.82) is 0 Å². The van der Waals surface area contributed by atoms with E-state index >= 15 is 0 Å². The van der Waals surface area contributed by atoms with Crippen LogP contribution in [-0.4, -0.2) is 31.6 Å². The molecule has 0 atom stereocenters. The van der Waals surface area contributed by atoms with Crippen molar-refractivity contribution in [3.8, 4) is 0 Å². The summed E-state index contributed by atoms with van der Waals surface area (Å²) in [6.45, 7) is 3.93. The third kappa shape index (κ3) is 4.62. The van der Waals surface area contributed by atoms with Gasteiger partial charge in [-0.3, -0.25) is 0 Å². The lowest BCUT2D eigenvalue weighted by Gasteiger charge is -2.04. The molecule has 0 saturated heterocycles. The first-order chi connectivity index (χ1) is 11.3. The number of hydrogen-bond acceptors (Lipinski definition) is 7. The van der Waals surface area contributed by atoms with Gasteiger partial charge in [0.2, 0.25) is 10.0 Å². The highest BCUT2D eigenvalue weighted by Crippen LogP contribution is 2.12. The molecule has 0 bridgehead atoms. The number of aromatic nitrogens is 2. The summed E-state index contributed by atoms with van der Waals surface area (Å²) in [5.74, 6) is 0.573. The highest BCUT2D eigenvalue weighted by molar-refractivity contribution is 7.89. The van der Waals surface area contributed by atoms with Crippen molar-refractivity contribution in [2.45, 2.75) is 31.8 Å².